The summed E-state index contributed by atoms with van der Waals surface area (Å²) in [6, 6.07) is 12.9. The van der Waals surface area contributed by atoms with E-state index in [0.29, 0.717) is 21.9 Å². The average molecular weight is 492 g/mol. The summed E-state index contributed by atoms with van der Waals surface area (Å²) in [6.45, 7) is 4.26. The van der Waals surface area contributed by atoms with Crippen molar-refractivity contribution in [3.8, 4) is 5.88 Å². The Morgan fingerprint density at radius 1 is 1.00 bits per heavy atom. The number of aromatic hydroxyl groups is 1. The van der Waals surface area contributed by atoms with Crippen LogP contribution in [0.15, 0.2) is 42.5 Å². The van der Waals surface area contributed by atoms with Crippen LogP contribution in [0.25, 0.3) is 0 Å². The standard InChI is InChI=1S/C22H24BCl2N3O3S/c24-18-6-5-15(13-19(18)25)14-20-21(29)26-22(32-20)28-11-9-27(10-12-28)8-7-16-3-1-2-4-17(16)23(30)31/h1-6,13,29-31H,7-12,14H2. The largest absolute Gasteiger partial charge is 0.492 e. The number of piperazine rings is 1. The SMILES string of the molecule is OB(O)c1ccccc1CCN1CCN(c2nc(O)c(Cc3ccc(Cl)c(Cl)c3)s2)CC1. The van der Waals surface area contributed by atoms with Gasteiger partial charge in [0.2, 0.25) is 5.88 Å². The van der Waals surface area contributed by atoms with Gasteiger partial charge in [0.05, 0.1) is 14.9 Å². The van der Waals surface area contributed by atoms with Crippen molar-refractivity contribution in [1.82, 2.24) is 9.88 Å². The van der Waals surface area contributed by atoms with E-state index in [1.165, 1.54) is 11.3 Å². The molecule has 0 spiro atoms. The van der Waals surface area contributed by atoms with Crippen LogP contribution in [0, 0.1) is 0 Å². The minimum absolute atomic E-state index is 0.0673. The van der Waals surface area contributed by atoms with Crippen molar-refractivity contribution >= 4 is 52.3 Å². The fourth-order valence-electron chi connectivity index (χ4n) is 3.87. The van der Waals surface area contributed by atoms with Crippen molar-refractivity contribution in [1.29, 1.82) is 0 Å². The fraction of sp³-hybridized carbons (Fsp3) is 0.318. The van der Waals surface area contributed by atoms with Crippen LogP contribution in [0.1, 0.15) is 16.0 Å². The number of hydrogen-bond acceptors (Lipinski definition) is 7. The number of nitrogens with zero attached hydrogens (tertiary/aromatic N) is 3. The maximum atomic E-state index is 10.3. The molecule has 0 saturated carbocycles. The first-order chi connectivity index (χ1) is 15.4. The van der Waals surface area contributed by atoms with Gasteiger partial charge in [-0.3, -0.25) is 4.90 Å². The Bertz CT molecular complexity index is 1070. The number of hydrogen-bond donors (Lipinski definition) is 3. The first kappa shape index (κ1) is 23.4. The molecule has 1 aliphatic heterocycles. The number of aromatic nitrogens is 1. The molecule has 0 aliphatic carbocycles. The van der Waals surface area contributed by atoms with Crippen LogP contribution < -0.4 is 10.4 Å². The van der Waals surface area contributed by atoms with E-state index in [4.69, 9.17) is 23.2 Å². The molecule has 0 unspecified atom stereocenters. The van der Waals surface area contributed by atoms with Gasteiger partial charge in [-0.15, -0.1) is 0 Å². The smallest absolute Gasteiger partial charge is 0.488 e. The van der Waals surface area contributed by atoms with Gasteiger partial charge in [0.15, 0.2) is 5.13 Å². The van der Waals surface area contributed by atoms with E-state index in [1.807, 2.05) is 30.3 Å². The molecule has 6 nitrogen and oxygen atoms in total. The van der Waals surface area contributed by atoms with E-state index in [1.54, 1.807) is 12.1 Å². The molecule has 0 bridgehead atoms. The molecular formula is C22H24BCl2N3O3S. The van der Waals surface area contributed by atoms with Gasteiger partial charge in [-0.05, 0) is 35.1 Å². The van der Waals surface area contributed by atoms with E-state index in [9.17, 15) is 15.2 Å². The summed E-state index contributed by atoms with van der Waals surface area (Å²) in [5.41, 5.74) is 2.50. The molecule has 3 N–H and O–H groups in total. The summed E-state index contributed by atoms with van der Waals surface area (Å²) in [5, 5.41) is 31.3. The highest BCUT2D eigenvalue weighted by atomic mass is 35.5. The maximum absolute atomic E-state index is 10.3. The lowest BCUT2D eigenvalue weighted by molar-refractivity contribution is 0.261. The molecule has 168 valence electrons. The fourth-order valence-corrected chi connectivity index (χ4v) is 5.23. The minimum Gasteiger partial charge on any atom is -0.492 e. The van der Waals surface area contributed by atoms with Crippen molar-refractivity contribution in [2.75, 3.05) is 37.6 Å². The van der Waals surface area contributed by atoms with Crippen molar-refractivity contribution in [3.05, 3.63) is 68.5 Å². The number of rotatable bonds is 7. The quantitative estimate of drug-likeness (QED) is 0.441. The van der Waals surface area contributed by atoms with E-state index >= 15 is 0 Å². The number of benzene rings is 2. The molecule has 4 rings (SSSR count). The Balaban J connectivity index is 1.33. The Morgan fingerprint density at radius 3 is 2.47 bits per heavy atom. The molecule has 3 aromatic rings. The Labute approximate surface area is 201 Å². The summed E-state index contributed by atoms with van der Waals surface area (Å²) in [4.78, 5) is 9.75. The third-order valence-corrected chi connectivity index (χ3v) is 7.53. The van der Waals surface area contributed by atoms with Gasteiger partial charge in [-0.25, -0.2) is 0 Å². The molecule has 1 fully saturated rings. The predicted molar refractivity (Wildman–Crippen MR) is 132 cm³/mol. The minimum atomic E-state index is -1.45. The molecule has 2 aromatic carbocycles. The molecule has 1 aromatic heterocycles. The lowest BCUT2D eigenvalue weighted by Gasteiger charge is -2.34. The van der Waals surface area contributed by atoms with Crippen LogP contribution in [0.2, 0.25) is 10.0 Å². The third-order valence-electron chi connectivity index (χ3n) is 5.69. The second kappa shape index (κ2) is 10.4. The topological polar surface area (TPSA) is 80.1 Å². The predicted octanol–water partition coefficient (Wildman–Crippen LogP) is 2.79. The monoisotopic (exact) mass is 491 g/mol. The second-order valence-corrected chi connectivity index (χ2v) is 9.70. The van der Waals surface area contributed by atoms with Crippen LogP contribution in [0.5, 0.6) is 5.88 Å². The van der Waals surface area contributed by atoms with Crippen molar-refractivity contribution in [2.24, 2.45) is 0 Å². The first-order valence-corrected chi connectivity index (χ1v) is 12.0. The van der Waals surface area contributed by atoms with Gasteiger partial charge in [0.1, 0.15) is 0 Å². The van der Waals surface area contributed by atoms with Crippen LogP contribution in [-0.4, -0.2) is 64.9 Å². The summed E-state index contributed by atoms with van der Waals surface area (Å²) >= 11 is 13.6. The summed E-state index contributed by atoms with van der Waals surface area (Å²) in [5.74, 6) is 0.0673. The molecule has 1 aliphatic rings. The highest BCUT2D eigenvalue weighted by Crippen LogP contribution is 2.34. The molecule has 1 saturated heterocycles. The Kier molecular flexibility index (Phi) is 7.61. The van der Waals surface area contributed by atoms with Gasteiger partial charge in [-0.2, -0.15) is 4.98 Å². The van der Waals surface area contributed by atoms with Crippen molar-refractivity contribution in [2.45, 2.75) is 12.8 Å². The molecule has 2 heterocycles. The normalized spacial score (nSPS) is 14.7. The summed E-state index contributed by atoms with van der Waals surface area (Å²) < 4.78 is 0. The molecule has 0 radical (unpaired) electrons. The zero-order chi connectivity index (χ0) is 22.7. The number of halogens is 2. The lowest BCUT2D eigenvalue weighted by atomic mass is 9.76. The van der Waals surface area contributed by atoms with Gasteiger partial charge in [0.25, 0.3) is 0 Å². The van der Waals surface area contributed by atoms with Crippen molar-refractivity contribution < 1.29 is 15.2 Å². The molecule has 32 heavy (non-hydrogen) atoms. The van der Waals surface area contributed by atoms with Crippen LogP contribution in [0.4, 0.5) is 5.13 Å². The summed E-state index contributed by atoms with van der Waals surface area (Å²) in [6.07, 6.45) is 1.32. The lowest BCUT2D eigenvalue weighted by Crippen LogP contribution is -2.47. The molecule has 10 heteroatoms. The molecular weight excluding hydrogens is 468 g/mol. The average Bonchev–Trinajstić information content (AvgIpc) is 3.15. The highest BCUT2D eigenvalue weighted by Gasteiger charge is 2.22. The van der Waals surface area contributed by atoms with Crippen LogP contribution >= 0.6 is 34.5 Å². The third kappa shape index (κ3) is 5.57. The molecule has 0 atom stereocenters. The van der Waals surface area contributed by atoms with Crippen LogP contribution in [0.3, 0.4) is 0 Å². The Hall–Kier alpha value is -1.81. The van der Waals surface area contributed by atoms with E-state index in [-0.39, 0.29) is 5.88 Å². The van der Waals surface area contributed by atoms with E-state index < -0.39 is 7.12 Å². The summed E-state index contributed by atoms with van der Waals surface area (Å²) in [7, 11) is -1.45. The van der Waals surface area contributed by atoms with E-state index in [0.717, 1.165) is 60.3 Å². The van der Waals surface area contributed by atoms with E-state index in [2.05, 4.69) is 14.8 Å². The Morgan fingerprint density at radius 2 is 1.75 bits per heavy atom. The van der Waals surface area contributed by atoms with Crippen molar-refractivity contribution in [3.63, 3.8) is 0 Å². The number of thiazole rings is 1. The van der Waals surface area contributed by atoms with Gasteiger partial charge in [-0.1, -0.05) is 64.9 Å². The van der Waals surface area contributed by atoms with Gasteiger partial charge in [0, 0.05) is 39.1 Å². The van der Waals surface area contributed by atoms with Gasteiger partial charge < -0.3 is 20.1 Å². The second-order valence-electron chi connectivity index (χ2n) is 7.82. The zero-order valence-corrected chi connectivity index (χ0v) is 19.7. The maximum Gasteiger partial charge on any atom is 0.488 e. The van der Waals surface area contributed by atoms with Gasteiger partial charge >= 0.3 is 7.12 Å². The highest BCUT2D eigenvalue weighted by molar-refractivity contribution is 7.15. The first-order valence-electron chi connectivity index (χ1n) is 10.4. The zero-order valence-electron chi connectivity index (χ0n) is 17.4. The molecule has 0 amide bonds. The number of anilines is 1. The van der Waals surface area contributed by atoms with Crippen LogP contribution in [-0.2, 0) is 12.8 Å².